The normalized spacial score (nSPS) is 16.3. The molecule has 0 radical (unpaired) electrons. The number of hydrogen-bond donors (Lipinski definition) is 2. The van der Waals surface area contributed by atoms with Gasteiger partial charge in [-0.1, -0.05) is 55.5 Å². The lowest BCUT2D eigenvalue weighted by atomic mass is 10.1. The van der Waals surface area contributed by atoms with Crippen LogP contribution in [-0.4, -0.2) is 19.0 Å². The Labute approximate surface area is 141 Å². The first-order valence-corrected chi connectivity index (χ1v) is 8.09. The molecule has 0 bridgehead atoms. The molecule has 24 heavy (non-hydrogen) atoms. The molecule has 1 atom stereocenters. The summed E-state index contributed by atoms with van der Waals surface area (Å²) in [4.78, 5) is 14.0. The molecule has 1 aliphatic heterocycles. The van der Waals surface area contributed by atoms with E-state index in [2.05, 4.69) is 10.6 Å². The van der Waals surface area contributed by atoms with Crippen LogP contribution in [0.15, 0.2) is 66.9 Å². The Bertz CT molecular complexity index is 701. The van der Waals surface area contributed by atoms with E-state index in [0.29, 0.717) is 6.61 Å². The van der Waals surface area contributed by atoms with Gasteiger partial charge >= 0.3 is 6.09 Å². The van der Waals surface area contributed by atoms with E-state index in [4.69, 9.17) is 4.74 Å². The number of hydrogen-bond acceptors (Lipinski definition) is 4. The number of nitrogens with one attached hydrogen (secondary N) is 2. The molecule has 0 fully saturated rings. The van der Waals surface area contributed by atoms with Gasteiger partial charge in [0, 0.05) is 11.9 Å². The summed E-state index contributed by atoms with van der Waals surface area (Å²) < 4.78 is 5.14. The van der Waals surface area contributed by atoms with Crippen LogP contribution < -0.4 is 15.5 Å². The van der Waals surface area contributed by atoms with Crippen molar-refractivity contribution in [1.29, 1.82) is 0 Å². The van der Waals surface area contributed by atoms with E-state index in [1.165, 1.54) is 0 Å². The summed E-state index contributed by atoms with van der Waals surface area (Å²) >= 11 is 0. The van der Waals surface area contributed by atoms with Gasteiger partial charge in [-0.15, -0.1) is 0 Å². The number of carbonyl (C=O) groups excluding carboxylic acids is 1. The van der Waals surface area contributed by atoms with Crippen LogP contribution in [0.2, 0.25) is 0 Å². The van der Waals surface area contributed by atoms with E-state index in [-0.39, 0.29) is 0 Å². The highest BCUT2D eigenvalue weighted by Crippen LogP contribution is 2.30. The van der Waals surface area contributed by atoms with Gasteiger partial charge in [-0.05, 0) is 24.1 Å². The summed E-state index contributed by atoms with van der Waals surface area (Å²) in [6.45, 7) is 2.37. The SMILES string of the molecule is CCCOC(=O)NC1NC=C(c2ccccc2)N1c1ccccc1. The molecule has 2 aromatic carbocycles. The summed E-state index contributed by atoms with van der Waals surface area (Å²) in [5.74, 6) is 0. The monoisotopic (exact) mass is 323 g/mol. The molecule has 2 N–H and O–H groups in total. The largest absolute Gasteiger partial charge is 0.449 e. The van der Waals surface area contributed by atoms with Gasteiger partial charge < -0.3 is 15.0 Å². The lowest BCUT2D eigenvalue weighted by molar-refractivity contribution is 0.142. The number of ether oxygens (including phenoxy) is 1. The quantitative estimate of drug-likeness (QED) is 0.884. The smallest absolute Gasteiger partial charge is 0.410 e. The second-order valence-corrected chi connectivity index (χ2v) is 5.45. The van der Waals surface area contributed by atoms with Crippen molar-refractivity contribution in [2.75, 3.05) is 11.5 Å². The van der Waals surface area contributed by atoms with E-state index < -0.39 is 12.4 Å². The zero-order chi connectivity index (χ0) is 16.8. The lowest BCUT2D eigenvalue weighted by Crippen LogP contribution is -2.51. The van der Waals surface area contributed by atoms with Gasteiger partial charge in [-0.25, -0.2) is 4.79 Å². The molecule has 5 nitrogen and oxygen atoms in total. The van der Waals surface area contributed by atoms with E-state index in [1.807, 2.05) is 78.7 Å². The third-order valence-corrected chi connectivity index (χ3v) is 3.69. The van der Waals surface area contributed by atoms with Crippen molar-refractivity contribution in [2.24, 2.45) is 0 Å². The number of amides is 1. The van der Waals surface area contributed by atoms with Crippen molar-refractivity contribution in [1.82, 2.24) is 10.6 Å². The Morgan fingerprint density at radius 3 is 2.46 bits per heavy atom. The summed E-state index contributed by atoms with van der Waals surface area (Å²) in [6.07, 6.45) is 1.87. The maximum absolute atomic E-state index is 12.0. The molecule has 3 rings (SSSR count). The zero-order valence-corrected chi connectivity index (χ0v) is 13.6. The van der Waals surface area contributed by atoms with Crippen LogP contribution >= 0.6 is 0 Å². The Balaban J connectivity index is 1.84. The van der Waals surface area contributed by atoms with Gasteiger partial charge in [0.05, 0.1) is 12.3 Å². The average molecular weight is 323 g/mol. The molecule has 0 saturated carbocycles. The molecular formula is C19H21N3O2. The maximum Gasteiger partial charge on any atom is 0.410 e. The van der Waals surface area contributed by atoms with Gasteiger partial charge in [-0.2, -0.15) is 0 Å². The van der Waals surface area contributed by atoms with Crippen LogP contribution in [-0.2, 0) is 4.74 Å². The highest BCUT2D eigenvalue weighted by molar-refractivity contribution is 5.83. The Morgan fingerprint density at radius 1 is 1.12 bits per heavy atom. The topological polar surface area (TPSA) is 53.6 Å². The first kappa shape index (κ1) is 15.9. The van der Waals surface area contributed by atoms with Crippen molar-refractivity contribution in [2.45, 2.75) is 19.6 Å². The molecule has 0 spiro atoms. The molecule has 2 aromatic rings. The highest BCUT2D eigenvalue weighted by Gasteiger charge is 2.29. The second-order valence-electron chi connectivity index (χ2n) is 5.45. The minimum atomic E-state index is -0.432. The van der Waals surface area contributed by atoms with Crippen LogP contribution in [0.5, 0.6) is 0 Å². The lowest BCUT2D eigenvalue weighted by Gasteiger charge is -2.29. The first-order chi connectivity index (χ1) is 11.8. The van der Waals surface area contributed by atoms with Gasteiger partial charge in [0.2, 0.25) is 0 Å². The number of carbonyl (C=O) groups is 1. The molecular weight excluding hydrogens is 302 g/mol. The minimum absolute atomic E-state index is 0.396. The fraction of sp³-hybridized carbons (Fsp3) is 0.211. The summed E-state index contributed by atoms with van der Waals surface area (Å²) in [7, 11) is 0. The molecule has 0 aliphatic carbocycles. The number of rotatable bonds is 5. The summed E-state index contributed by atoms with van der Waals surface area (Å²) in [5, 5.41) is 6.08. The van der Waals surface area contributed by atoms with Crippen molar-refractivity contribution in [3.05, 3.63) is 72.4 Å². The van der Waals surface area contributed by atoms with Gasteiger partial charge in [0.15, 0.2) is 6.29 Å². The van der Waals surface area contributed by atoms with E-state index >= 15 is 0 Å². The van der Waals surface area contributed by atoms with Crippen molar-refractivity contribution in [3.8, 4) is 0 Å². The Kier molecular flexibility index (Phi) is 5.01. The standard InChI is InChI=1S/C19H21N3O2/c1-2-13-24-19(23)21-18-20-14-17(15-9-5-3-6-10-15)22(18)16-11-7-4-8-12-16/h3-12,14,18,20H,2,13H2,1H3,(H,21,23). The molecule has 1 amide bonds. The maximum atomic E-state index is 12.0. The highest BCUT2D eigenvalue weighted by atomic mass is 16.5. The molecule has 1 unspecified atom stereocenters. The van der Waals surface area contributed by atoms with Crippen LogP contribution in [0.4, 0.5) is 10.5 Å². The van der Waals surface area contributed by atoms with E-state index in [1.54, 1.807) is 0 Å². The molecule has 1 aliphatic rings. The van der Waals surface area contributed by atoms with Crippen molar-refractivity contribution in [3.63, 3.8) is 0 Å². The Morgan fingerprint density at radius 2 is 1.79 bits per heavy atom. The zero-order valence-electron chi connectivity index (χ0n) is 13.6. The molecule has 0 saturated heterocycles. The van der Waals surface area contributed by atoms with Crippen LogP contribution in [0, 0.1) is 0 Å². The van der Waals surface area contributed by atoms with E-state index in [9.17, 15) is 4.79 Å². The fourth-order valence-corrected chi connectivity index (χ4v) is 2.60. The summed E-state index contributed by atoms with van der Waals surface area (Å²) in [6, 6.07) is 20.0. The molecule has 0 aromatic heterocycles. The third-order valence-electron chi connectivity index (χ3n) is 3.69. The number of alkyl carbamates (subject to hydrolysis) is 1. The number of para-hydroxylation sites is 1. The van der Waals surface area contributed by atoms with Gasteiger partial charge in [0.25, 0.3) is 0 Å². The van der Waals surface area contributed by atoms with Crippen LogP contribution in [0.1, 0.15) is 18.9 Å². The van der Waals surface area contributed by atoms with Gasteiger partial charge in [0.1, 0.15) is 0 Å². The summed E-state index contributed by atoms with van der Waals surface area (Å²) in [5.41, 5.74) is 3.04. The second kappa shape index (κ2) is 7.55. The molecule has 1 heterocycles. The molecule has 5 heteroatoms. The fourth-order valence-electron chi connectivity index (χ4n) is 2.60. The number of benzene rings is 2. The Hall–Kier alpha value is -2.95. The van der Waals surface area contributed by atoms with Crippen molar-refractivity contribution < 1.29 is 9.53 Å². The van der Waals surface area contributed by atoms with Gasteiger partial charge in [-0.3, -0.25) is 5.32 Å². The average Bonchev–Trinajstić information content (AvgIpc) is 3.05. The predicted molar refractivity (Wildman–Crippen MR) is 95.0 cm³/mol. The predicted octanol–water partition coefficient (Wildman–Crippen LogP) is 3.51. The van der Waals surface area contributed by atoms with Crippen LogP contribution in [0.25, 0.3) is 5.70 Å². The number of nitrogens with zero attached hydrogens (tertiary/aromatic N) is 1. The molecule has 124 valence electrons. The first-order valence-electron chi connectivity index (χ1n) is 8.09. The minimum Gasteiger partial charge on any atom is -0.449 e. The van der Waals surface area contributed by atoms with E-state index in [0.717, 1.165) is 23.4 Å². The van der Waals surface area contributed by atoms with Crippen molar-refractivity contribution >= 4 is 17.5 Å². The van der Waals surface area contributed by atoms with Crippen LogP contribution in [0.3, 0.4) is 0 Å². The third kappa shape index (κ3) is 3.51. The number of anilines is 1.